The first kappa shape index (κ1) is 15.3. The van der Waals surface area contributed by atoms with Gasteiger partial charge in [-0.25, -0.2) is 0 Å². The van der Waals surface area contributed by atoms with Crippen LogP contribution in [0, 0.1) is 0 Å². The van der Waals surface area contributed by atoms with Crippen LogP contribution in [0.2, 0.25) is 0 Å². The molecule has 0 spiro atoms. The van der Waals surface area contributed by atoms with Crippen molar-refractivity contribution in [2.75, 3.05) is 14.2 Å². The quantitative estimate of drug-likeness (QED) is 0.706. The molecular formula is C14H21NO4. The average molecular weight is 267 g/mol. The molecule has 0 fully saturated rings. The number of carbonyl (C=O) groups is 1. The van der Waals surface area contributed by atoms with Gasteiger partial charge in [-0.05, 0) is 25.0 Å². The highest BCUT2D eigenvalue weighted by Crippen LogP contribution is 2.34. The second-order valence-corrected chi connectivity index (χ2v) is 4.32. The van der Waals surface area contributed by atoms with Crippen LogP contribution in [0.1, 0.15) is 37.3 Å². The van der Waals surface area contributed by atoms with Gasteiger partial charge in [0.2, 0.25) is 0 Å². The van der Waals surface area contributed by atoms with Gasteiger partial charge in [-0.3, -0.25) is 4.79 Å². The van der Waals surface area contributed by atoms with Crippen LogP contribution < -0.4 is 15.2 Å². The molecule has 3 N–H and O–H groups in total. The van der Waals surface area contributed by atoms with Gasteiger partial charge in [0.1, 0.15) is 11.5 Å². The average Bonchev–Trinajstić information content (AvgIpc) is 2.42. The van der Waals surface area contributed by atoms with Gasteiger partial charge in [-0.15, -0.1) is 0 Å². The van der Waals surface area contributed by atoms with Crippen molar-refractivity contribution in [3.05, 3.63) is 23.8 Å². The lowest BCUT2D eigenvalue weighted by Gasteiger charge is -2.18. The predicted octanol–water partition coefficient (Wildman–Crippen LogP) is 2.35. The van der Waals surface area contributed by atoms with Gasteiger partial charge in [0.25, 0.3) is 0 Å². The fraction of sp³-hybridized carbons (Fsp3) is 0.500. The number of rotatable bonds is 8. The summed E-state index contributed by atoms with van der Waals surface area (Å²) in [6.45, 7) is 0. The first-order chi connectivity index (χ1) is 9.10. The fourth-order valence-electron chi connectivity index (χ4n) is 2.03. The van der Waals surface area contributed by atoms with Crippen molar-refractivity contribution < 1.29 is 19.4 Å². The Morgan fingerprint density at radius 1 is 1.26 bits per heavy atom. The summed E-state index contributed by atoms with van der Waals surface area (Å²) in [5.41, 5.74) is 6.99. The van der Waals surface area contributed by atoms with E-state index in [1.165, 1.54) is 0 Å². The topological polar surface area (TPSA) is 81.8 Å². The molecule has 0 aromatic heterocycles. The Hall–Kier alpha value is -1.75. The van der Waals surface area contributed by atoms with Gasteiger partial charge in [0.15, 0.2) is 0 Å². The summed E-state index contributed by atoms with van der Waals surface area (Å²) < 4.78 is 10.6. The minimum absolute atomic E-state index is 0.176. The van der Waals surface area contributed by atoms with E-state index in [1.807, 2.05) is 18.2 Å². The Morgan fingerprint density at radius 2 is 1.84 bits per heavy atom. The number of ether oxygens (including phenoxy) is 2. The van der Waals surface area contributed by atoms with Gasteiger partial charge in [-0.2, -0.15) is 0 Å². The maximum absolute atomic E-state index is 10.4. The molecule has 0 bridgehead atoms. The smallest absolute Gasteiger partial charge is 0.303 e. The lowest BCUT2D eigenvalue weighted by molar-refractivity contribution is -0.137. The van der Waals surface area contributed by atoms with E-state index in [1.54, 1.807) is 14.2 Å². The van der Waals surface area contributed by atoms with Crippen molar-refractivity contribution in [3.8, 4) is 11.5 Å². The molecule has 0 aliphatic carbocycles. The molecule has 1 aromatic rings. The minimum Gasteiger partial charge on any atom is -0.496 e. The van der Waals surface area contributed by atoms with E-state index in [0.717, 1.165) is 12.0 Å². The van der Waals surface area contributed by atoms with Crippen LogP contribution in [0.5, 0.6) is 11.5 Å². The van der Waals surface area contributed by atoms with Crippen molar-refractivity contribution >= 4 is 5.97 Å². The first-order valence-electron chi connectivity index (χ1n) is 6.28. The van der Waals surface area contributed by atoms with Gasteiger partial charge < -0.3 is 20.3 Å². The molecule has 0 aliphatic rings. The van der Waals surface area contributed by atoms with Crippen LogP contribution in [0.4, 0.5) is 0 Å². The molecule has 5 nitrogen and oxygen atoms in total. The SMILES string of the molecule is COc1cccc(OC)c1C(N)CCCCC(=O)O. The number of aliphatic carboxylic acids is 1. The van der Waals surface area contributed by atoms with E-state index in [-0.39, 0.29) is 12.5 Å². The second-order valence-electron chi connectivity index (χ2n) is 4.32. The van der Waals surface area contributed by atoms with Crippen molar-refractivity contribution in [3.63, 3.8) is 0 Å². The number of hydrogen-bond acceptors (Lipinski definition) is 4. The van der Waals surface area contributed by atoms with Crippen LogP contribution in [0.15, 0.2) is 18.2 Å². The number of carboxylic acids is 1. The van der Waals surface area contributed by atoms with Crippen LogP contribution in [-0.4, -0.2) is 25.3 Å². The molecule has 0 saturated heterocycles. The summed E-state index contributed by atoms with van der Waals surface area (Å²) in [6, 6.07) is 5.31. The van der Waals surface area contributed by atoms with Crippen molar-refractivity contribution in [2.45, 2.75) is 31.7 Å². The number of hydrogen-bond donors (Lipinski definition) is 2. The monoisotopic (exact) mass is 267 g/mol. The predicted molar refractivity (Wildman–Crippen MR) is 72.6 cm³/mol. The molecule has 0 saturated carbocycles. The zero-order valence-corrected chi connectivity index (χ0v) is 11.4. The number of nitrogens with two attached hydrogens (primary N) is 1. The minimum atomic E-state index is -0.775. The largest absolute Gasteiger partial charge is 0.496 e. The van der Waals surface area contributed by atoms with Crippen LogP contribution in [-0.2, 0) is 4.79 Å². The standard InChI is InChI=1S/C14H21NO4/c1-18-11-7-5-8-12(19-2)14(11)10(15)6-3-4-9-13(16)17/h5,7-8,10H,3-4,6,9,15H2,1-2H3,(H,16,17). The molecule has 106 valence electrons. The number of benzene rings is 1. The first-order valence-corrected chi connectivity index (χ1v) is 6.28. The Kier molecular flexibility index (Phi) is 6.15. The molecule has 0 heterocycles. The fourth-order valence-corrected chi connectivity index (χ4v) is 2.03. The lowest BCUT2D eigenvalue weighted by Crippen LogP contribution is -2.13. The third kappa shape index (κ3) is 4.44. The van der Waals surface area contributed by atoms with E-state index in [2.05, 4.69) is 0 Å². The Bertz CT molecular complexity index is 398. The molecular weight excluding hydrogens is 246 g/mol. The van der Waals surface area contributed by atoms with Crippen molar-refractivity contribution in [1.82, 2.24) is 0 Å². The van der Waals surface area contributed by atoms with E-state index in [9.17, 15) is 4.79 Å². The van der Waals surface area contributed by atoms with Crippen LogP contribution >= 0.6 is 0 Å². The number of unbranched alkanes of at least 4 members (excludes halogenated alkanes) is 1. The Morgan fingerprint density at radius 3 is 2.32 bits per heavy atom. The maximum atomic E-state index is 10.4. The molecule has 1 unspecified atom stereocenters. The maximum Gasteiger partial charge on any atom is 0.303 e. The lowest BCUT2D eigenvalue weighted by atomic mass is 9.99. The highest BCUT2D eigenvalue weighted by Gasteiger charge is 2.17. The highest BCUT2D eigenvalue weighted by atomic mass is 16.5. The molecule has 0 aliphatic heterocycles. The van der Waals surface area contributed by atoms with E-state index in [4.69, 9.17) is 20.3 Å². The van der Waals surface area contributed by atoms with Crippen LogP contribution in [0.25, 0.3) is 0 Å². The van der Waals surface area contributed by atoms with Gasteiger partial charge in [0.05, 0.1) is 19.8 Å². The summed E-state index contributed by atoms with van der Waals surface area (Å²) >= 11 is 0. The summed E-state index contributed by atoms with van der Waals surface area (Å²) in [6.07, 6.45) is 2.26. The van der Waals surface area contributed by atoms with Gasteiger partial charge in [0, 0.05) is 12.5 Å². The normalized spacial score (nSPS) is 11.9. The molecule has 19 heavy (non-hydrogen) atoms. The van der Waals surface area contributed by atoms with Gasteiger partial charge >= 0.3 is 5.97 Å². The number of methoxy groups -OCH3 is 2. The third-order valence-electron chi connectivity index (χ3n) is 2.99. The third-order valence-corrected chi connectivity index (χ3v) is 2.99. The Balaban J connectivity index is 2.69. The van der Waals surface area contributed by atoms with E-state index >= 15 is 0 Å². The molecule has 5 heteroatoms. The van der Waals surface area contributed by atoms with Gasteiger partial charge in [-0.1, -0.05) is 12.5 Å². The summed E-state index contributed by atoms with van der Waals surface area (Å²) in [4.78, 5) is 10.4. The molecule has 1 aromatic carbocycles. The van der Waals surface area contributed by atoms with Crippen molar-refractivity contribution in [1.29, 1.82) is 0 Å². The molecule has 1 atom stereocenters. The van der Waals surface area contributed by atoms with Crippen LogP contribution in [0.3, 0.4) is 0 Å². The van der Waals surface area contributed by atoms with E-state index < -0.39 is 5.97 Å². The molecule has 1 rings (SSSR count). The molecule has 0 amide bonds. The zero-order chi connectivity index (χ0) is 14.3. The zero-order valence-electron chi connectivity index (χ0n) is 11.4. The number of carboxylic acid groups (broad SMARTS) is 1. The Labute approximate surface area is 113 Å². The molecule has 0 radical (unpaired) electrons. The van der Waals surface area contributed by atoms with Crippen molar-refractivity contribution in [2.24, 2.45) is 5.73 Å². The van der Waals surface area contributed by atoms with E-state index in [0.29, 0.717) is 24.3 Å². The summed E-state index contributed by atoms with van der Waals surface area (Å²) in [7, 11) is 3.19. The highest BCUT2D eigenvalue weighted by molar-refractivity contribution is 5.66. The summed E-state index contributed by atoms with van der Waals surface area (Å²) in [5, 5.41) is 8.59. The second kappa shape index (κ2) is 7.63. The summed E-state index contributed by atoms with van der Waals surface area (Å²) in [5.74, 6) is 0.624.